The first-order valence-electron chi connectivity index (χ1n) is 9.89. The minimum Gasteiger partial charge on any atom is -0.511 e. The van der Waals surface area contributed by atoms with Gasteiger partial charge in [0.2, 0.25) is 0 Å². The van der Waals surface area contributed by atoms with Gasteiger partial charge < -0.3 is 21.0 Å². The minimum absolute atomic E-state index is 0.00416. The molecule has 2 rings (SSSR count). The van der Waals surface area contributed by atoms with Crippen molar-refractivity contribution in [3.63, 3.8) is 0 Å². The Bertz CT molecular complexity index is 718. The number of hydrogen-bond acceptors (Lipinski definition) is 6. The van der Waals surface area contributed by atoms with E-state index >= 15 is 0 Å². The summed E-state index contributed by atoms with van der Waals surface area (Å²) in [5, 5.41) is 36.7. The first-order valence-corrected chi connectivity index (χ1v) is 9.89. The summed E-state index contributed by atoms with van der Waals surface area (Å²) in [5.74, 6) is -0.358. The van der Waals surface area contributed by atoms with Crippen molar-refractivity contribution >= 4 is 23.0 Å². The Morgan fingerprint density at radius 2 is 1.07 bits per heavy atom. The smallest absolute Gasteiger partial charge is 0.168 e. The average Bonchev–Trinajstić information content (AvgIpc) is 2.47. The lowest BCUT2D eigenvalue weighted by molar-refractivity contribution is -0.118. The zero-order chi connectivity index (χ0) is 21.3. The zero-order valence-corrected chi connectivity index (χ0v) is 17.4. The first kappa shape index (κ1) is 22.1. The van der Waals surface area contributed by atoms with Gasteiger partial charge in [-0.1, -0.05) is 27.7 Å². The van der Waals surface area contributed by atoms with Gasteiger partial charge in [-0.15, -0.1) is 0 Å². The number of carbonyl (C=O) groups excluding carboxylic acids is 2. The number of Topliss-reactive ketones (excluding diaryl/α,β-unsaturated/α-hetero) is 2. The molecule has 0 saturated heterocycles. The number of carbonyl (C=O) groups is 2. The molecule has 0 atom stereocenters. The lowest BCUT2D eigenvalue weighted by atomic mass is 9.75. The summed E-state index contributed by atoms with van der Waals surface area (Å²) in [4.78, 5) is 24.5. The summed E-state index contributed by atoms with van der Waals surface area (Å²) in [6.45, 7) is 7.69. The molecule has 4 N–H and O–H groups in total. The van der Waals surface area contributed by atoms with Gasteiger partial charge in [0.25, 0.3) is 0 Å². The van der Waals surface area contributed by atoms with Gasteiger partial charge in [0.1, 0.15) is 11.5 Å². The molecular weight excluding hydrogens is 356 g/mol. The highest BCUT2D eigenvalue weighted by Crippen LogP contribution is 2.37. The van der Waals surface area contributed by atoms with E-state index in [1.54, 1.807) is 0 Å². The van der Waals surface area contributed by atoms with E-state index in [1.165, 1.54) is 0 Å². The van der Waals surface area contributed by atoms with Crippen LogP contribution in [0.15, 0.2) is 22.7 Å². The van der Waals surface area contributed by atoms with Crippen LogP contribution < -0.4 is 0 Å². The summed E-state index contributed by atoms with van der Waals surface area (Å²) in [7, 11) is 0. The molecule has 0 spiro atoms. The molecule has 0 bridgehead atoms. The molecule has 0 aromatic carbocycles. The molecule has 0 aliphatic heterocycles. The van der Waals surface area contributed by atoms with Crippen LogP contribution in [-0.2, 0) is 9.59 Å². The Morgan fingerprint density at radius 3 is 1.36 bits per heavy atom. The maximum absolute atomic E-state index is 12.3. The third-order valence-corrected chi connectivity index (χ3v) is 5.41. The largest absolute Gasteiger partial charge is 0.511 e. The Balaban J connectivity index is 1.89. The summed E-state index contributed by atoms with van der Waals surface area (Å²) in [6.07, 6.45) is 3.26. The van der Waals surface area contributed by atoms with Crippen molar-refractivity contribution in [1.29, 1.82) is 10.8 Å². The van der Waals surface area contributed by atoms with Crippen molar-refractivity contribution in [3.05, 3.63) is 22.7 Å². The summed E-state index contributed by atoms with van der Waals surface area (Å²) >= 11 is 0. The number of hydrogen-bond donors (Lipinski definition) is 4. The van der Waals surface area contributed by atoms with Crippen LogP contribution >= 0.6 is 0 Å². The van der Waals surface area contributed by atoms with E-state index in [0.717, 1.165) is 0 Å². The second-order valence-electron chi connectivity index (χ2n) is 9.69. The molecule has 6 nitrogen and oxygen atoms in total. The molecule has 28 heavy (non-hydrogen) atoms. The van der Waals surface area contributed by atoms with E-state index in [2.05, 4.69) is 0 Å². The third-order valence-electron chi connectivity index (χ3n) is 5.41. The monoisotopic (exact) mass is 388 g/mol. The number of aliphatic hydroxyl groups excluding tert-OH is 2. The number of ketones is 2. The van der Waals surface area contributed by atoms with Gasteiger partial charge in [-0.05, 0) is 36.5 Å². The second-order valence-corrected chi connectivity index (χ2v) is 9.69. The molecule has 0 heterocycles. The van der Waals surface area contributed by atoms with Crippen LogP contribution in [0.3, 0.4) is 0 Å². The van der Waals surface area contributed by atoms with Crippen molar-refractivity contribution in [1.82, 2.24) is 0 Å². The van der Waals surface area contributed by atoms with Crippen molar-refractivity contribution in [3.8, 4) is 0 Å². The van der Waals surface area contributed by atoms with E-state index in [4.69, 9.17) is 10.8 Å². The number of unbranched alkanes of at least 4 members (excludes halogenated alkanes) is 1. The second kappa shape index (κ2) is 8.02. The minimum atomic E-state index is -0.281. The Kier molecular flexibility index (Phi) is 6.31. The van der Waals surface area contributed by atoms with E-state index in [0.29, 0.717) is 51.4 Å². The number of nitrogens with one attached hydrogen (secondary N) is 2. The van der Waals surface area contributed by atoms with E-state index in [1.807, 2.05) is 27.7 Å². The van der Waals surface area contributed by atoms with Crippen molar-refractivity contribution in [2.24, 2.45) is 10.8 Å². The van der Waals surface area contributed by atoms with Crippen molar-refractivity contribution in [2.45, 2.75) is 79.1 Å². The fourth-order valence-corrected chi connectivity index (χ4v) is 4.11. The Labute approximate surface area is 166 Å². The van der Waals surface area contributed by atoms with Gasteiger partial charge >= 0.3 is 0 Å². The molecule has 154 valence electrons. The van der Waals surface area contributed by atoms with Crippen molar-refractivity contribution in [2.75, 3.05) is 0 Å². The molecule has 0 saturated carbocycles. The maximum atomic E-state index is 12.3. The van der Waals surface area contributed by atoms with Crippen LogP contribution in [-0.4, -0.2) is 33.2 Å². The molecule has 2 aliphatic rings. The van der Waals surface area contributed by atoms with Gasteiger partial charge in [0.05, 0.1) is 11.1 Å². The van der Waals surface area contributed by atoms with Crippen LogP contribution in [0.4, 0.5) is 0 Å². The predicted octanol–water partition coefficient (Wildman–Crippen LogP) is 4.99. The Hall–Kier alpha value is -2.24. The standard InChI is InChI=1S/C22H32N2O4/c1-21(2)9-15(25)19(16(26)10-21)13(23)7-5-6-8-14(24)20-17(27)11-22(3,4)12-18(20)28/h23-25,27H,5-12H2,1-4H3. The van der Waals surface area contributed by atoms with Gasteiger partial charge in [0.15, 0.2) is 11.6 Å². The van der Waals surface area contributed by atoms with Crippen molar-refractivity contribution < 1.29 is 19.8 Å². The maximum Gasteiger partial charge on any atom is 0.168 e. The molecule has 0 fully saturated rings. The molecule has 0 amide bonds. The highest BCUT2D eigenvalue weighted by Gasteiger charge is 2.35. The molecular formula is C22H32N2O4. The molecule has 0 radical (unpaired) electrons. The number of aliphatic hydroxyl groups is 2. The number of rotatable bonds is 7. The van der Waals surface area contributed by atoms with Crippen LogP contribution in [0, 0.1) is 21.6 Å². The quantitative estimate of drug-likeness (QED) is 0.362. The average molecular weight is 389 g/mol. The predicted molar refractivity (Wildman–Crippen MR) is 109 cm³/mol. The van der Waals surface area contributed by atoms with E-state index in [9.17, 15) is 19.8 Å². The fourth-order valence-electron chi connectivity index (χ4n) is 4.11. The Morgan fingerprint density at radius 1 is 0.750 bits per heavy atom. The summed E-state index contributed by atoms with van der Waals surface area (Å²) in [5.41, 5.74) is 0.0244. The van der Waals surface area contributed by atoms with Gasteiger partial charge in [0, 0.05) is 37.1 Å². The topological polar surface area (TPSA) is 122 Å². The van der Waals surface area contributed by atoms with E-state index < -0.39 is 0 Å². The van der Waals surface area contributed by atoms with Crippen LogP contribution in [0.25, 0.3) is 0 Å². The lowest BCUT2D eigenvalue weighted by Gasteiger charge is -2.30. The molecule has 0 unspecified atom stereocenters. The number of allylic oxidation sites excluding steroid dienone is 4. The van der Waals surface area contributed by atoms with Gasteiger partial charge in [-0.2, -0.15) is 0 Å². The van der Waals surface area contributed by atoms with E-state index in [-0.39, 0.29) is 56.5 Å². The molecule has 6 heteroatoms. The summed E-state index contributed by atoms with van der Waals surface area (Å²) < 4.78 is 0. The molecule has 0 aromatic rings. The highest BCUT2D eigenvalue weighted by molar-refractivity contribution is 6.23. The third kappa shape index (κ3) is 5.18. The van der Waals surface area contributed by atoms with Gasteiger partial charge in [-0.25, -0.2) is 0 Å². The van der Waals surface area contributed by atoms with Crippen LogP contribution in [0.5, 0.6) is 0 Å². The van der Waals surface area contributed by atoms with Crippen LogP contribution in [0.2, 0.25) is 0 Å². The normalized spacial score (nSPS) is 21.9. The summed E-state index contributed by atoms with van der Waals surface area (Å²) in [6, 6.07) is 0. The van der Waals surface area contributed by atoms with Gasteiger partial charge in [-0.3, -0.25) is 9.59 Å². The highest BCUT2D eigenvalue weighted by atomic mass is 16.3. The van der Waals surface area contributed by atoms with Crippen LogP contribution in [0.1, 0.15) is 79.1 Å². The zero-order valence-electron chi connectivity index (χ0n) is 17.4. The SMILES string of the molecule is CC1(C)CC(=O)C(C(=N)CCCCC(=N)C2=C(O)CC(C)(C)CC2=O)=C(O)C1. The molecule has 0 aromatic heterocycles. The molecule has 2 aliphatic carbocycles. The lowest BCUT2D eigenvalue weighted by Crippen LogP contribution is -2.29. The fraction of sp³-hybridized carbons (Fsp3) is 0.636. The first-order chi connectivity index (χ1) is 12.8.